The van der Waals surface area contributed by atoms with Gasteiger partial charge in [0.15, 0.2) is 6.29 Å². The number of phenolic OH excluding ortho intramolecular Hbond substituents is 1. The average Bonchev–Trinajstić information content (AvgIpc) is 2.39. The Hall–Kier alpha value is -2.36. The SMILES string of the molecule is COc1cc(O)c(C=O)cc1-c1ccccc1F. The number of benzene rings is 2. The fourth-order valence-electron chi connectivity index (χ4n) is 1.74. The van der Waals surface area contributed by atoms with E-state index in [1.165, 1.54) is 25.3 Å². The molecule has 0 spiro atoms. The van der Waals surface area contributed by atoms with Crippen LogP contribution in [-0.2, 0) is 0 Å². The van der Waals surface area contributed by atoms with Crippen LogP contribution >= 0.6 is 0 Å². The number of methoxy groups -OCH3 is 1. The normalized spacial score (nSPS) is 10.1. The smallest absolute Gasteiger partial charge is 0.153 e. The number of carbonyl (C=O) groups excluding carboxylic acids is 1. The lowest BCUT2D eigenvalue weighted by Gasteiger charge is -2.11. The van der Waals surface area contributed by atoms with Crippen LogP contribution in [-0.4, -0.2) is 18.5 Å². The molecule has 2 aromatic rings. The molecule has 0 aliphatic heterocycles. The highest BCUT2D eigenvalue weighted by Crippen LogP contribution is 2.36. The van der Waals surface area contributed by atoms with Crippen LogP contribution in [0.2, 0.25) is 0 Å². The summed E-state index contributed by atoms with van der Waals surface area (Å²) in [6, 6.07) is 8.86. The number of hydrogen-bond acceptors (Lipinski definition) is 3. The van der Waals surface area contributed by atoms with Gasteiger partial charge in [-0.25, -0.2) is 4.39 Å². The molecule has 0 fully saturated rings. The zero-order valence-electron chi connectivity index (χ0n) is 9.68. The summed E-state index contributed by atoms with van der Waals surface area (Å²) in [5.74, 6) is -0.302. The fourth-order valence-corrected chi connectivity index (χ4v) is 1.74. The third kappa shape index (κ3) is 2.05. The molecule has 2 aromatic carbocycles. The minimum absolute atomic E-state index is 0.0917. The van der Waals surface area contributed by atoms with Gasteiger partial charge in [-0.15, -0.1) is 0 Å². The summed E-state index contributed by atoms with van der Waals surface area (Å²) in [6.07, 6.45) is 0.513. The molecule has 0 amide bonds. The number of aldehydes is 1. The third-order valence-corrected chi connectivity index (χ3v) is 2.64. The molecule has 0 unspecified atom stereocenters. The Morgan fingerprint density at radius 1 is 1.22 bits per heavy atom. The van der Waals surface area contributed by atoms with E-state index in [2.05, 4.69) is 0 Å². The molecule has 0 radical (unpaired) electrons. The Morgan fingerprint density at radius 2 is 1.94 bits per heavy atom. The number of hydrogen-bond donors (Lipinski definition) is 1. The van der Waals surface area contributed by atoms with E-state index >= 15 is 0 Å². The topological polar surface area (TPSA) is 46.5 Å². The average molecular weight is 246 g/mol. The lowest BCUT2D eigenvalue weighted by Crippen LogP contribution is -1.93. The van der Waals surface area contributed by atoms with Crippen LogP contribution in [0.5, 0.6) is 11.5 Å². The van der Waals surface area contributed by atoms with Crippen molar-refractivity contribution in [3.8, 4) is 22.6 Å². The maximum absolute atomic E-state index is 13.7. The Kier molecular flexibility index (Phi) is 3.28. The molecular weight excluding hydrogens is 235 g/mol. The van der Waals surface area contributed by atoms with Crippen LogP contribution in [0.4, 0.5) is 4.39 Å². The van der Waals surface area contributed by atoms with E-state index in [9.17, 15) is 14.3 Å². The highest BCUT2D eigenvalue weighted by Gasteiger charge is 2.13. The standard InChI is InChI=1S/C14H11FO3/c1-18-14-7-13(17)9(8-16)6-11(14)10-4-2-3-5-12(10)15/h2-8,17H,1H3. The van der Waals surface area contributed by atoms with Crippen molar-refractivity contribution in [1.29, 1.82) is 0 Å². The minimum atomic E-state index is -0.418. The Labute approximate surface area is 103 Å². The van der Waals surface area contributed by atoms with Crippen molar-refractivity contribution in [1.82, 2.24) is 0 Å². The molecule has 92 valence electrons. The molecule has 0 aliphatic carbocycles. The van der Waals surface area contributed by atoms with Crippen LogP contribution in [0.1, 0.15) is 10.4 Å². The summed E-state index contributed by atoms with van der Waals surface area (Å²) in [6.45, 7) is 0. The molecule has 0 saturated heterocycles. The second-order valence-electron chi connectivity index (χ2n) is 3.71. The van der Waals surface area contributed by atoms with E-state index < -0.39 is 5.82 Å². The highest BCUT2D eigenvalue weighted by molar-refractivity contribution is 5.85. The number of phenols is 1. The van der Waals surface area contributed by atoms with Crippen molar-refractivity contribution in [2.45, 2.75) is 0 Å². The third-order valence-electron chi connectivity index (χ3n) is 2.64. The van der Waals surface area contributed by atoms with Crippen molar-refractivity contribution in [3.05, 3.63) is 47.8 Å². The highest BCUT2D eigenvalue weighted by atomic mass is 19.1. The molecule has 2 rings (SSSR count). The number of halogens is 1. The predicted octanol–water partition coefficient (Wildman–Crippen LogP) is 3.02. The van der Waals surface area contributed by atoms with Gasteiger partial charge in [-0.1, -0.05) is 18.2 Å². The molecule has 0 atom stereocenters. The van der Waals surface area contributed by atoms with Crippen molar-refractivity contribution in [2.24, 2.45) is 0 Å². The molecule has 3 nitrogen and oxygen atoms in total. The van der Waals surface area contributed by atoms with Gasteiger partial charge in [0.25, 0.3) is 0 Å². The van der Waals surface area contributed by atoms with E-state index in [0.29, 0.717) is 23.2 Å². The largest absolute Gasteiger partial charge is 0.507 e. The van der Waals surface area contributed by atoms with Gasteiger partial charge >= 0.3 is 0 Å². The van der Waals surface area contributed by atoms with Crippen LogP contribution < -0.4 is 4.74 Å². The van der Waals surface area contributed by atoms with E-state index in [1.807, 2.05) is 0 Å². The monoisotopic (exact) mass is 246 g/mol. The molecule has 4 heteroatoms. The van der Waals surface area contributed by atoms with Crippen molar-refractivity contribution < 1.29 is 19.0 Å². The van der Waals surface area contributed by atoms with Crippen LogP contribution in [0.15, 0.2) is 36.4 Å². The van der Waals surface area contributed by atoms with Crippen molar-refractivity contribution >= 4 is 6.29 Å². The minimum Gasteiger partial charge on any atom is -0.507 e. The number of aromatic hydroxyl groups is 1. The summed E-state index contributed by atoms with van der Waals surface area (Å²) >= 11 is 0. The molecule has 0 bridgehead atoms. The molecule has 0 aromatic heterocycles. The lowest BCUT2D eigenvalue weighted by molar-refractivity contribution is 0.112. The van der Waals surface area contributed by atoms with Gasteiger partial charge in [0.2, 0.25) is 0 Å². The van der Waals surface area contributed by atoms with Crippen molar-refractivity contribution in [3.63, 3.8) is 0 Å². The van der Waals surface area contributed by atoms with Gasteiger partial charge in [-0.05, 0) is 12.1 Å². The second kappa shape index (κ2) is 4.87. The molecule has 1 N–H and O–H groups in total. The first-order valence-corrected chi connectivity index (χ1v) is 5.28. The predicted molar refractivity (Wildman–Crippen MR) is 65.4 cm³/mol. The van der Waals surface area contributed by atoms with Gasteiger partial charge in [-0.2, -0.15) is 0 Å². The first-order valence-electron chi connectivity index (χ1n) is 5.28. The quantitative estimate of drug-likeness (QED) is 0.847. The summed E-state index contributed by atoms with van der Waals surface area (Å²) < 4.78 is 18.8. The van der Waals surface area contributed by atoms with Crippen LogP contribution in [0, 0.1) is 5.82 Å². The van der Waals surface area contributed by atoms with Crippen LogP contribution in [0.25, 0.3) is 11.1 Å². The molecule has 0 aliphatic rings. The summed E-state index contributed by atoms with van der Waals surface area (Å²) in [4.78, 5) is 10.8. The first kappa shape index (κ1) is 12.1. The van der Waals surface area contributed by atoms with E-state index in [0.717, 1.165) is 0 Å². The summed E-state index contributed by atoms with van der Waals surface area (Å²) in [5.41, 5.74) is 0.835. The fraction of sp³-hybridized carbons (Fsp3) is 0.0714. The van der Waals surface area contributed by atoms with Gasteiger partial charge in [-0.3, -0.25) is 4.79 Å². The van der Waals surface area contributed by atoms with E-state index in [4.69, 9.17) is 4.74 Å². The molecule has 18 heavy (non-hydrogen) atoms. The summed E-state index contributed by atoms with van der Waals surface area (Å²) in [7, 11) is 1.42. The van der Waals surface area contributed by atoms with Crippen LogP contribution in [0.3, 0.4) is 0 Å². The first-order chi connectivity index (χ1) is 8.67. The summed E-state index contributed by atoms with van der Waals surface area (Å²) in [5, 5.41) is 9.56. The maximum atomic E-state index is 13.7. The Morgan fingerprint density at radius 3 is 2.56 bits per heavy atom. The Bertz CT molecular complexity index is 594. The van der Waals surface area contributed by atoms with Gasteiger partial charge in [0.05, 0.1) is 12.7 Å². The van der Waals surface area contributed by atoms with Crippen molar-refractivity contribution in [2.75, 3.05) is 7.11 Å². The zero-order valence-corrected chi connectivity index (χ0v) is 9.68. The van der Waals surface area contributed by atoms with E-state index in [-0.39, 0.29) is 11.3 Å². The molecular formula is C14H11FO3. The second-order valence-corrected chi connectivity index (χ2v) is 3.71. The van der Waals surface area contributed by atoms with E-state index in [1.54, 1.807) is 18.2 Å². The number of carbonyl (C=O) groups is 1. The molecule has 0 heterocycles. The maximum Gasteiger partial charge on any atom is 0.153 e. The van der Waals surface area contributed by atoms with Gasteiger partial charge in [0, 0.05) is 17.2 Å². The number of rotatable bonds is 3. The lowest BCUT2D eigenvalue weighted by atomic mass is 10.0. The zero-order chi connectivity index (χ0) is 13.1. The molecule has 0 saturated carbocycles. The number of ether oxygens (including phenoxy) is 1. The Balaban J connectivity index is 2.70. The van der Waals surface area contributed by atoms with Gasteiger partial charge < -0.3 is 9.84 Å². The van der Waals surface area contributed by atoms with Gasteiger partial charge in [0.1, 0.15) is 17.3 Å².